The highest BCUT2D eigenvalue weighted by atomic mass is 19.4. The van der Waals surface area contributed by atoms with Crippen molar-refractivity contribution < 1.29 is 22.8 Å². The molecule has 1 aromatic rings. The van der Waals surface area contributed by atoms with Gasteiger partial charge in [-0.1, -0.05) is 13.8 Å². The fourth-order valence-corrected chi connectivity index (χ4v) is 6.83. The van der Waals surface area contributed by atoms with Crippen molar-refractivity contribution in [3.8, 4) is 0 Å². The molecule has 4 fully saturated rings. The van der Waals surface area contributed by atoms with Crippen LogP contribution in [0.4, 0.5) is 13.2 Å². The number of benzene rings is 1. The van der Waals surface area contributed by atoms with Gasteiger partial charge in [-0.05, 0) is 79.5 Å². The second-order valence-corrected chi connectivity index (χ2v) is 9.89. The number of halogens is 3. The van der Waals surface area contributed by atoms with Gasteiger partial charge in [0.15, 0.2) is 0 Å². The quantitative estimate of drug-likeness (QED) is 0.728. The molecule has 0 heterocycles. The zero-order chi connectivity index (χ0) is 20.4. The maximum atomic E-state index is 13.0. The highest BCUT2D eigenvalue weighted by molar-refractivity contribution is 5.96. The van der Waals surface area contributed by atoms with Gasteiger partial charge in [0, 0.05) is 5.56 Å². The molecule has 4 aliphatic rings. The molecule has 5 rings (SSSR count). The van der Waals surface area contributed by atoms with E-state index < -0.39 is 23.1 Å². The van der Waals surface area contributed by atoms with Crippen LogP contribution in [0.5, 0.6) is 0 Å². The molecule has 2 unspecified atom stereocenters. The van der Waals surface area contributed by atoms with E-state index in [0.29, 0.717) is 5.92 Å². The summed E-state index contributed by atoms with van der Waals surface area (Å²) in [5.74, 6) is -0.249. The summed E-state index contributed by atoms with van der Waals surface area (Å²) in [5.41, 5.74) is 4.07. The van der Waals surface area contributed by atoms with Crippen molar-refractivity contribution in [1.82, 2.24) is 10.9 Å². The molecular formula is C21H25F3N2O2. The molecular weight excluding hydrogens is 369 g/mol. The first-order chi connectivity index (χ1) is 12.9. The predicted octanol–water partition coefficient (Wildman–Crippen LogP) is 4.46. The lowest BCUT2D eigenvalue weighted by Crippen LogP contribution is -2.61. The van der Waals surface area contributed by atoms with Crippen LogP contribution < -0.4 is 10.9 Å². The van der Waals surface area contributed by atoms with E-state index in [1.807, 2.05) is 0 Å². The fraction of sp³-hybridized carbons (Fsp3) is 0.619. The standard InChI is InChI=1S/C21H25F3N2O2/c1-18-7-13-8-19(2,10-18)12-20(9-13,11-18)17(28)26-25-16(27)14-3-5-15(6-4-14)21(22,23)24/h3-6,13H,7-12H2,1-2H3,(H,25,27)(H,26,28). The summed E-state index contributed by atoms with van der Waals surface area (Å²) in [7, 11) is 0. The number of carbonyl (C=O) groups is 2. The lowest BCUT2D eigenvalue weighted by atomic mass is 9.40. The van der Waals surface area contributed by atoms with Gasteiger partial charge in [-0.2, -0.15) is 13.2 Å². The van der Waals surface area contributed by atoms with Gasteiger partial charge in [0.2, 0.25) is 5.91 Å². The van der Waals surface area contributed by atoms with Crippen LogP contribution in [-0.4, -0.2) is 11.8 Å². The minimum absolute atomic E-state index is 0.0673. The third-order valence-electron chi connectivity index (χ3n) is 6.87. The topological polar surface area (TPSA) is 58.2 Å². The Hall–Kier alpha value is -2.05. The van der Waals surface area contributed by atoms with Crippen molar-refractivity contribution in [2.75, 3.05) is 0 Å². The Morgan fingerprint density at radius 3 is 2.00 bits per heavy atom. The first kappa shape index (κ1) is 19.3. The van der Waals surface area contributed by atoms with Gasteiger partial charge in [0.05, 0.1) is 11.0 Å². The van der Waals surface area contributed by atoms with Gasteiger partial charge in [-0.15, -0.1) is 0 Å². The molecule has 4 nitrogen and oxygen atoms in total. The zero-order valence-electron chi connectivity index (χ0n) is 16.1. The van der Waals surface area contributed by atoms with Crippen molar-refractivity contribution in [2.45, 2.75) is 58.5 Å². The van der Waals surface area contributed by atoms with Gasteiger partial charge in [0.25, 0.3) is 5.91 Å². The number of hydrogen-bond donors (Lipinski definition) is 2. The van der Waals surface area contributed by atoms with Crippen LogP contribution >= 0.6 is 0 Å². The number of rotatable bonds is 2. The largest absolute Gasteiger partial charge is 0.416 e. The summed E-state index contributed by atoms with van der Waals surface area (Å²) in [6.45, 7) is 4.52. The summed E-state index contributed by atoms with van der Waals surface area (Å²) in [5, 5.41) is 0. The first-order valence-corrected chi connectivity index (χ1v) is 9.70. The van der Waals surface area contributed by atoms with Crippen LogP contribution in [-0.2, 0) is 11.0 Å². The first-order valence-electron chi connectivity index (χ1n) is 9.70. The predicted molar refractivity (Wildman–Crippen MR) is 96.9 cm³/mol. The average molecular weight is 394 g/mol. The number of amides is 2. The lowest BCUT2D eigenvalue weighted by molar-refractivity contribution is -0.170. The molecule has 0 spiro atoms. The lowest BCUT2D eigenvalue weighted by Gasteiger charge is -2.64. The Bertz CT molecular complexity index is 800. The van der Waals surface area contributed by atoms with Crippen molar-refractivity contribution in [1.29, 1.82) is 0 Å². The zero-order valence-corrected chi connectivity index (χ0v) is 16.1. The van der Waals surface area contributed by atoms with Crippen LogP contribution in [0.2, 0.25) is 0 Å². The van der Waals surface area contributed by atoms with Crippen molar-refractivity contribution in [3.05, 3.63) is 35.4 Å². The Morgan fingerprint density at radius 2 is 1.50 bits per heavy atom. The van der Waals surface area contributed by atoms with Gasteiger partial charge in [-0.25, -0.2) is 0 Å². The van der Waals surface area contributed by atoms with Crippen LogP contribution in [0.1, 0.15) is 68.3 Å². The van der Waals surface area contributed by atoms with Crippen molar-refractivity contribution >= 4 is 11.8 Å². The molecule has 0 saturated heterocycles. The Labute approximate surface area is 162 Å². The normalized spacial score (nSPS) is 36.2. The summed E-state index contributed by atoms with van der Waals surface area (Å²) >= 11 is 0. The van der Waals surface area contributed by atoms with Crippen molar-refractivity contribution in [3.63, 3.8) is 0 Å². The molecule has 4 aliphatic carbocycles. The van der Waals surface area contributed by atoms with E-state index in [9.17, 15) is 22.8 Å². The molecule has 2 amide bonds. The van der Waals surface area contributed by atoms with E-state index in [2.05, 4.69) is 24.7 Å². The molecule has 4 bridgehead atoms. The fourth-order valence-electron chi connectivity index (χ4n) is 6.83. The molecule has 152 valence electrons. The SMILES string of the molecule is CC12CC3CC(C)(C1)CC(C(=O)NNC(=O)c1ccc(C(F)(F)F)cc1)(C3)C2. The summed E-state index contributed by atoms with van der Waals surface area (Å²) < 4.78 is 37.9. The molecule has 0 radical (unpaired) electrons. The van der Waals surface area contributed by atoms with E-state index in [1.165, 1.54) is 0 Å². The molecule has 4 saturated carbocycles. The van der Waals surface area contributed by atoms with Crippen LogP contribution in [0, 0.1) is 22.2 Å². The minimum Gasteiger partial charge on any atom is -0.273 e. The van der Waals surface area contributed by atoms with Gasteiger partial charge in [-0.3, -0.25) is 20.4 Å². The molecule has 7 heteroatoms. The minimum atomic E-state index is -4.45. The Balaban J connectivity index is 1.43. The number of carbonyl (C=O) groups excluding carboxylic acids is 2. The third-order valence-corrected chi connectivity index (χ3v) is 6.87. The molecule has 28 heavy (non-hydrogen) atoms. The third kappa shape index (κ3) is 3.29. The Morgan fingerprint density at radius 1 is 0.929 bits per heavy atom. The Kier molecular flexibility index (Phi) is 4.11. The average Bonchev–Trinajstić information content (AvgIpc) is 2.55. The van der Waals surface area contributed by atoms with Crippen molar-refractivity contribution in [2.24, 2.45) is 22.2 Å². The molecule has 1 aromatic carbocycles. The second kappa shape index (κ2) is 5.97. The maximum absolute atomic E-state index is 13.0. The van der Waals surface area contributed by atoms with E-state index in [1.54, 1.807) is 0 Å². The monoisotopic (exact) mass is 394 g/mol. The molecule has 2 N–H and O–H groups in total. The van der Waals surface area contributed by atoms with Crippen LogP contribution in [0.15, 0.2) is 24.3 Å². The van der Waals surface area contributed by atoms with E-state index in [4.69, 9.17) is 0 Å². The highest BCUT2D eigenvalue weighted by Gasteiger charge is 2.62. The number of hydrazine groups is 1. The van der Waals surface area contributed by atoms with E-state index in [-0.39, 0.29) is 22.3 Å². The van der Waals surface area contributed by atoms with Crippen LogP contribution in [0.25, 0.3) is 0 Å². The number of nitrogens with one attached hydrogen (secondary N) is 2. The van der Waals surface area contributed by atoms with E-state index in [0.717, 1.165) is 62.8 Å². The maximum Gasteiger partial charge on any atom is 0.416 e. The van der Waals surface area contributed by atoms with E-state index >= 15 is 0 Å². The number of hydrogen-bond acceptors (Lipinski definition) is 2. The highest BCUT2D eigenvalue weighted by Crippen LogP contribution is 2.69. The van der Waals surface area contributed by atoms with Gasteiger partial charge in [0.1, 0.15) is 0 Å². The second-order valence-electron chi connectivity index (χ2n) is 9.89. The smallest absolute Gasteiger partial charge is 0.273 e. The summed E-state index contributed by atoms with van der Waals surface area (Å²) in [6, 6.07) is 3.93. The van der Waals surface area contributed by atoms with Gasteiger partial charge < -0.3 is 0 Å². The molecule has 2 atom stereocenters. The summed E-state index contributed by atoms with van der Waals surface area (Å²) in [6.07, 6.45) is 1.52. The molecule has 0 aromatic heterocycles. The van der Waals surface area contributed by atoms with Gasteiger partial charge >= 0.3 is 6.18 Å². The van der Waals surface area contributed by atoms with Crippen LogP contribution in [0.3, 0.4) is 0 Å². The number of alkyl halides is 3. The molecule has 0 aliphatic heterocycles. The summed E-state index contributed by atoms with van der Waals surface area (Å²) in [4.78, 5) is 25.3.